The van der Waals surface area contributed by atoms with E-state index >= 15 is 0 Å². The highest BCUT2D eigenvalue weighted by molar-refractivity contribution is 7.80. The summed E-state index contributed by atoms with van der Waals surface area (Å²) in [5, 5.41) is 10.2. The van der Waals surface area contributed by atoms with Crippen LogP contribution in [0.2, 0.25) is 0 Å². The van der Waals surface area contributed by atoms with Gasteiger partial charge in [0.25, 0.3) is 0 Å². The van der Waals surface area contributed by atoms with Crippen molar-refractivity contribution in [3.8, 4) is 0 Å². The van der Waals surface area contributed by atoms with Crippen molar-refractivity contribution in [2.75, 3.05) is 23.7 Å². The van der Waals surface area contributed by atoms with Crippen LogP contribution in [0, 0.1) is 5.82 Å². The fourth-order valence-electron chi connectivity index (χ4n) is 1.64. The van der Waals surface area contributed by atoms with E-state index in [1.165, 1.54) is 18.3 Å². The molecule has 0 radical (unpaired) electrons. The number of thiocarbonyl (C=S) groups is 1. The molecule has 2 rings (SSSR count). The van der Waals surface area contributed by atoms with Crippen molar-refractivity contribution in [3.05, 3.63) is 48.0 Å². The zero-order valence-electron chi connectivity index (χ0n) is 11.7. The van der Waals surface area contributed by atoms with Crippen LogP contribution in [0.3, 0.4) is 0 Å². The molecule has 1 aromatic heterocycles. The first-order valence-electron chi connectivity index (χ1n) is 6.55. The van der Waals surface area contributed by atoms with Crippen molar-refractivity contribution in [2.45, 2.75) is 0 Å². The van der Waals surface area contributed by atoms with Crippen molar-refractivity contribution in [1.82, 2.24) is 5.43 Å². The van der Waals surface area contributed by atoms with Crippen LogP contribution in [0.15, 0.2) is 45.9 Å². The molecule has 0 amide bonds. The van der Waals surface area contributed by atoms with Gasteiger partial charge in [0.15, 0.2) is 11.0 Å². The molecule has 8 heteroatoms. The molecule has 5 N–H and O–H groups in total. The van der Waals surface area contributed by atoms with Gasteiger partial charge in [0, 0.05) is 24.8 Å². The highest BCUT2D eigenvalue weighted by atomic mass is 32.1. The summed E-state index contributed by atoms with van der Waals surface area (Å²) in [5.74, 6) is 0.939. The van der Waals surface area contributed by atoms with Gasteiger partial charge in [0.05, 0.1) is 6.21 Å². The summed E-state index contributed by atoms with van der Waals surface area (Å²) in [6.07, 6.45) is 1.47. The molecule has 1 heterocycles. The number of hydrogen-bond donors (Lipinski definition) is 4. The molecular formula is C14H16FN5OS. The molecular weight excluding hydrogens is 305 g/mol. The second kappa shape index (κ2) is 7.99. The number of hydrogen-bond acceptors (Lipinski definition) is 5. The molecule has 0 aliphatic heterocycles. The van der Waals surface area contributed by atoms with Crippen molar-refractivity contribution in [1.29, 1.82) is 0 Å². The number of anilines is 2. The third kappa shape index (κ3) is 5.41. The van der Waals surface area contributed by atoms with Crippen LogP contribution >= 0.6 is 12.2 Å². The third-order valence-electron chi connectivity index (χ3n) is 2.59. The van der Waals surface area contributed by atoms with Crippen molar-refractivity contribution in [2.24, 2.45) is 10.8 Å². The maximum atomic E-state index is 12.7. The monoisotopic (exact) mass is 321 g/mol. The Morgan fingerprint density at radius 1 is 1.18 bits per heavy atom. The number of nitrogens with one attached hydrogen (secondary N) is 3. The summed E-state index contributed by atoms with van der Waals surface area (Å²) in [4.78, 5) is 0. The number of nitrogens with two attached hydrogens (primary N) is 1. The lowest BCUT2D eigenvalue weighted by molar-refractivity contribution is 0.572. The van der Waals surface area contributed by atoms with Gasteiger partial charge in [0.1, 0.15) is 11.6 Å². The predicted molar refractivity (Wildman–Crippen MR) is 89.6 cm³/mol. The van der Waals surface area contributed by atoms with Gasteiger partial charge in [-0.3, -0.25) is 5.43 Å². The zero-order chi connectivity index (χ0) is 15.8. The summed E-state index contributed by atoms with van der Waals surface area (Å²) >= 11 is 4.62. The maximum Gasteiger partial charge on any atom is 0.193 e. The molecule has 0 saturated heterocycles. The average molecular weight is 321 g/mol. The Hall–Kier alpha value is -2.61. The van der Waals surface area contributed by atoms with Crippen LogP contribution in [0.4, 0.5) is 16.0 Å². The van der Waals surface area contributed by atoms with Crippen LogP contribution in [0.1, 0.15) is 5.76 Å². The predicted octanol–water partition coefficient (Wildman–Crippen LogP) is 2.11. The van der Waals surface area contributed by atoms with Gasteiger partial charge in [-0.05, 0) is 42.5 Å². The molecule has 0 unspecified atom stereocenters. The highest BCUT2D eigenvalue weighted by Crippen LogP contribution is 2.11. The SMILES string of the molecule is NC(=S)N/N=C/c1ccc(NCCNc2ccc(F)cc2)o1. The van der Waals surface area contributed by atoms with Crippen LogP contribution in [0.25, 0.3) is 0 Å². The first-order valence-corrected chi connectivity index (χ1v) is 6.96. The second-order valence-electron chi connectivity index (χ2n) is 4.30. The van der Waals surface area contributed by atoms with Crippen molar-refractivity contribution >= 4 is 35.1 Å². The molecule has 0 aliphatic rings. The van der Waals surface area contributed by atoms with E-state index in [1.807, 2.05) is 0 Å². The molecule has 6 nitrogen and oxygen atoms in total. The van der Waals surface area contributed by atoms with E-state index < -0.39 is 0 Å². The molecule has 1 aromatic carbocycles. The molecule has 0 atom stereocenters. The largest absolute Gasteiger partial charge is 0.440 e. The normalized spacial score (nSPS) is 10.6. The lowest BCUT2D eigenvalue weighted by atomic mass is 10.3. The Balaban J connectivity index is 1.71. The minimum atomic E-state index is -0.252. The van der Waals surface area contributed by atoms with Gasteiger partial charge >= 0.3 is 0 Å². The van der Waals surface area contributed by atoms with E-state index in [0.29, 0.717) is 24.7 Å². The minimum Gasteiger partial charge on any atom is -0.440 e. The summed E-state index contributed by atoms with van der Waals surface area (Å²) in [5.41, 5.74) is 8.53. The van der Waals surface area contributed by atoms with Crippen LogP contribution in [-0.2, 0) is 0 Å². The zero-order valence-corrected chi connectivity index (χ0v) is 12.5. The number of benzene rings is 1. The molecule has 2 aromatic rings. The smallest absolute Gasteiger partial charge is 0.193 e. The molecule has 0 saturated carbocycles. The fraction of sp³-hybridized carbons (Fsp3) is 0.143. The van der Waals surface area contributed by atoms with Crippen LogP contribution in [0.5, 0.6) is 0 Å². The maximum absolute atomic E-state index is 12.7. The molecule has 0 aliphatic carbocycles. The van der Waals surface area contributed by atoms with E-state index in [0.717, 1.165) is 5.69 Å². The number of nitrogens with zero attached hydrogens (tertiary/aromatic N) is 1. The first kappa shape index (κ1) is 15.8. The first-order chi connectivity index (χ1) is 10.6. The number of rotatable bonds is 7. The van der Waals surface area contributed by atoms with Crippen molar-refractivity contribution in [3.63, 3.8) is 0 Å². The Kier molecular flexibility index (Phi) is 5.73. The fourth-order valence-corrected chi connectivity index (χ4v) is 1.69. The topological polar surface area (TPSA) is 87.6 Å². The van der Waals surface area contributed by atoms with Gasteiger partial charge in [-0.15, -0.1) is 0 Å². The summed E-state index contributed by atoms with van der Waals surface area (Å²) in [6.45, 7) is 1.31. The highest BCUT2D eigenvalue weighted by Gasteiger charge is 1.99. The molecule has 0 fully saturated rings. The van der Waals surface area contributed by atoms with Gasteiger partial charge in [-0.2, -0.15) is 5.10 Å². The van der Waals surface area contributed by atoms with E-state index in [1.54, 1.807) is 24.3 Å². The molecule has 116 valence electrons. The summed E-state index contributed by atoms with van der Waals surface area (Å²) < 4.78 is 18.2. The average Bonchev–Trinajstić information content (AvgIpc) is 2.93. The van der Waals surface area contributed by atoms with Gasteiger partial charge in [-0.1, -0.05) is 0 Å². The molecule has 0 bridgehead atoms. The van der Waals surface area contributed by atoms with Gasteiger partial charge in [0.2, 0.25) is 0 Å². The molecule has 0 spiro atoms. The number of hydrazone groups is 1. The van der Waals surface area contributed by atoms with E-state index in [9.17, 15) is 4.39 Å². The standard InChI is InChI=1S/C14H16FN5OS/c15-10-1-3-11(4-2-10)17-7-8-18-13-6-5-12(21-13)9-19-20-14(16)22/h1-6,9,17-18H,7-8H2,(H3,16,20,22)/b19-9+. The Labute approximate surface area is 132 Å². The summed E-state index contributed by atoms with van der Waals surface area (Å²) in [6, 6.07) is 9.75. The minimum absolute atomic E-state index is 0.0908. The van der Waals surface area contributed by atoms with Crippen LogP contribution in [-0.4, -0.2) is 24.4 Å². The van der Waals surface area contributed by atoms with Gasteiger partial charge < -0.3 is 20.8 Å². The third-order valence-corrected chi connectivity index (χ3v) is 2.68. The van der Waals surface area contributed by atoms with E-state index in [4.69, 9.17) is 10.2 Å². The molecule has 22 heavy (non-hydrogen) atoms. The second-order valence-corrected chi connectivity index (χ2v) is 4.74. The van der Waals surface area contributed by atoms with E-state index in [2.05, 4.69) is 33.4 Å². The van der Waals surface area contributed by atoms with Crippen LogP contribution < -0.4 is 21.8 Å². The number of halogens is 1. The summed E-state index contributed by atoms with van der Waals surface area (Å²) in [7, 11) is 0. The lowest BCUT2D eigenvalue weighted by Crippen LogP contribution is -2.23. The lowest BCUT2D eigenvalue weighted by Gasteiger charge is -2.06. The van der Waals surface area contributed by atoms with E-state index in [-0.39, 0.29) is 10.9 Å². The quantitative estimate of drug-likeness (QED) is 0.270. The Morgan fingerprint density at radius 2 is 1.91 bits per heavy atom. The van der Waals surface area contributed by atoms with Gasteiger partial charge in [-0.25, -0.2) is 4.39 Å². The number of furan rings is 1. The Bertz CT molecular complexity index is 641. The van der Waals surface area contributed by atoms with Crippen molar-refractivity contribution < 1.29 is 8.81 Å². The Morgan fingerprint density at radius 3 is 2.64 bits per heavy atom.